The minimum atomic E-state index is -0.0274. The molecule has 0 atom stereocenters. The van der Waals surface area contributed by atoms with Crippen molar-refractivity contribution in [2.75, 3.05) is 19.5 Å². The zero-order valence-corrected chi connectivity index (χ0v) is 17.4. The number of nitrogens with zero attached hydrogens (tertiary/aromatic N) is 6. The van der Waals surface area contributed by atoms with Gasteiger partial charge in [0.05, 0.1) is 12.7 Å². The van der Waals surface area contributed by atoms with Crippen LogP contribution in [0.15, 0.2) is 37.1 Å². The fourth-order valence-corrected chi connectivity index (χ4v) is 4.14. The third-order valence-corrected chi connectivity index (χ3v) is 6.10. The van der Waals surface area contributed by atoms with Gasteiger partial charge in [-0.2, -0.15) is 4.98 Å². The molecule has 9 nitrogen and oxygen atoms in total. The van der Waals surface area contributed by atoms with Crippen molar-refractivity contribution in [1.29, 1.82) is 0 Å². The molecule has 4 aromatic rings. The van der Waals surface area contributed by atoms with E-state index in [-0.39, 0.29) is 5.60 Å². The van der Waals surface area contributed by atoms with E-state index in [1.54, 1.807) is 26.6 Å². The summed E-state index contributed by atoms with van der Waals surface area (Å²) in [6, 6.07) is 2.32. The Bertz CT molecular complexity index is 1190. The molecule has 0 amide bonds. The first-order chi connectivity index (χ1) is 14.6. The van der Waals surface area contributed by atoms with Crippen LogP contribution in [0.5, 0.6) is 5.88 Å². The number of imidazole rings is 1. The number of hydrogen-bond donors (Lipinski definition) is 1. The summed E-state index contributed by atoms with van der Waals surface area (Å²) in [4.78, 5) is 13.3. The van der Waals surface area contributed by atoms with E-state index >= 15 is 0 Å². The Labute approximate surface area is 174 Å². The summed E-state index contributed by atoms with van der Waals surface area (Å²) in [5, 5.41) is 8.15. The van der Waals surface area contributed by atoms with Gasteiger partial charge >= 0.3 is 0 Å². The monoisotopic (exact) mass is 407 g/mol. The van der Waals surface area contributed by atoms with Gasteiger partial charge in [0.2, 0.25) is 17.6 Å². The highest BCUT2D eigenvalue weighted by Crippen LogP contribution is 2.33. The maximum Gasteiger partial charge on any atom is 0.244 e. The summed E-state index contributed by atoms with van der Waals surface area (Å²) in [6.45, 7) is 2.17. The Balaban J connectivity index is 1.46. The van der Waals surface area contributed by atoms with Crippen molar-refractivity contribution < 1.29 is 9.47 Å². The van der Waals surface area contributed by atoms with Crippen LogP contribution >= 0.6 is 0 Å². The molecule has 1 aliphatic carbocycles. The lowest BCUT2D eigenvalue weighted by Gasteiger charge is -2.36. The largest absolute Gasteiger partial charge is 0.479 e. The molecule has 0 aliphatic heterocycles. The number of ether oxygens (including phenoxy) is 2. The van der Waals surface area contributed by atoms with Gasteiger partial charge in [-0.25, -0.2) is 14.5 Å². The molecule has 1 aliphatic rings. The van der Waals surface area contributed by atoms with Crippen molar-refractivity contribution in [1.82, 2.24) is 29.0 Å². The lowest BCUT2D eigenvalue weighted by Crippen LogP contribution is -2.37. The molecule has 156 valence electrons. The summed E-state index contributed by atoms with van der Waals surface area (Å²) in [7, 11) is 3.42. The molecule has 0 radical (unpaired) electrons. The molecule has 4 aromatic heterocycles. The summed E-state index contributed by atoms with van der Waals surface area (Å²) in [6.07, 6.45) is 13.4. The van der Waals surface area contributed by atoms with E-state index in [2.05, 4.69) is 32.3 Å². The maximum absolute atomic E-state index is 5.64. The molecule has 0 spiro atoms. The number of fused-ring (bicyclic) bond motifs is 2. The first-order valence-corrected chi connectivity index (χ1v) is 10.1. The van der Waals surface area contributed by atoms with Crippen molar-refractivity contribution in [3.05, 3.63) is 37.1 Å². The molecule has 5 rings (SSSR count). The van der Waals surface area contributed by atoms with Crippen LogP contribution in [0.2, 0.25) is 0 Å². The van der Waals surface area contributed by atoms with Gasteiger partial charge < -0.3 is 14.8 Å². The van der Waals surface area contributed by atoms with Crippen LogP contribution < -0.4 is 10.1 Å². The minimum absolute atomic E-state index is 0.0274. The number of anilines is 1. The van der Waals surface area contributed by atoms with Gasteiger partial charge in [-0.05, 0) is 38.7 Å². The molecule has 1 fully saturated rings. The van der Waals surface area contributed by atoms with Gasteiger partial charge in [0, 0.05) is 55.3 Å². The van der Waals surface area contributed by atoms with Crippen LogP contribution in [0, 0.1) is 0 Å². The van der Waals surface area contributed by atoms with E-state index in [0.29, 0.717) is 23.6 Å². The van der Waals surface area contributed by atoms with Crippen LogP contribution in [-0.2, 0) is 4.74 Å². The van der Waals surface area contributed by atoms with Crippen LogP contribution in [0.4, 0.5) is 5.95 Å². The predicted molar refractivity (Wildman–Crippen MR) is 113 cm³/mol. The zero-order valence-electron chi connectivity index (χ0n) is 17.4. The Morgan fingerprint density at radius 2 is 2.00 bits per heavy atom. The number of hydrogen-bond acceptors (Lipinski definition) is 7. The maximum atomic E-state index is 5.64. The molecule has 0 bridgehead atoms. The van der Waals surface area contributed by atoms with Crippen molar-refractivity contribution in [3.8, 4) is 17.0 Å². The van der Waals surface area contributed by atoms with Gasteiger partial charge in [0.25, 0.3) is 0 Å². The molecule has 0 unspecified atom stereocenters. The van der Waals surface area contributed by atoms with Gasteiger partial charge in [-0.3, -0.25) is 4.40 Å². The molecule has 1 N–H and O–H groups in total. The second-order valence-electron chi connectivity index (χ2n) is 8.02. The second-order valence-corrected chi connectivity index (χ2v) is 8.02. The van der Waals surface area contributed by atoms with Crippen LogP contribution in [0.3, 0.4) is 0 Å². The third kappa shape index (κ3) is 3.24. The Morgan fingerprint density at radius 3 is 2.77 bits per heavy atom. The lowest BCUT2D eigenvalue weighted by atomic mass is 9.83. The Morgan fingerprint density at radius 1 is 1.17 bits per heavy atom. The molecule has 4 heterocycles. The summed E-state index contributed by atoms with van der Waals surface area (Å²) >= 11 is 0. The fourth-order valence-electron chi connectivity index (χ4n) is 4.14. The average Bonchev–Trinajstić information content (AvgIpc) is 3.41. The summed E-state index contributed by atoms with van der Waals surface area (Å²) < 4.78 is 15.0. The standard InChI is InChI=1S/C21H25N7O2/c1-21(30-3)7-4-15(5-8-21)24-19-25-18(29-2)17-16(6-10-28(17)26-19)14-12-23-20-22-9-11-27(20)13-14/h6,9-13,15H,4-5,7-8H2,1-3H3,(H,24,26)/t15-,21+. The van der Waals surface area contributed by atoms with Crippen LogP contribution in [0.25, 0.3) is 22.4 Å². The van der Waals surface area contributed by atoms with E-state index in [1.807, 2.05) is 33.6 Å². The smallest absolute Gasteiger partial charge is 0.244 e. The highest BCUT2D eigenvalue weighted by molar-refractivity contribution is 5.84. The highest BCUT2D eigenvalue weighted by atomic mass is 16.5. The van der Waals surface area contributed by atoms with Crippen molar-refractivity contribution in [3.63, 3.8) is 0 Å². The van der Waals surface area contributed by atoms with Gasteiger partial charge in [0.1, 0.15) is 5.52 Å². The Hall–Kier alpha value is -3.20. The number of methoxy groups -OCH3 is 2. The van der Waals surface area contributed by atoms with Crippen LogP contribution in [0.1, 0.15) is 32.6 Å². The molecule has 0 saturated heterocycles. The normalized spacial score (nSPS) is 21.9. The summed E-state index contributed by atoms with van der Waals surface area (Å²) in [5.41, 5.74) is 2.67. The fraction of sp³-hybridized carbons (Fsp3) is 0.429. The van der Waals surface area contributed by atoms with Crippen LogP contribution in [-0.4, -0.2) is 54.8 Å². The topological polar surface area (TPSA) is 90.9 Å². The SMILES string of the molecule is COc1nc(N[C@H]2CC[C@@](C)(OC)CC2)nn2ccc(-c3cnc4nccn4c3)c12. The Kier molecular flexibility index (Phi) is 4.54. The quantitative estimate of drug-likeness (QED) is 0.543. The van der Waals surface area contributed by atoms with Crippen molar-refractivity contribution >= 4 is 17.2 Å². The van der Waals surface area contributed by atoms with E-state index < -0.39 is 0 Å². The molecular formula is C21H25N7O2. The number of nitrogens with one attached hydrogen (secondary N) is 1. The van der Waals surface area contributed by atoms with Crippen molar-refractivity contribution in [2.24, 2.45) is 0 Å². The molecule has 9 heteroatoms. The van der Waals surface area contributed by atoms with E-state index in [4.69, 9.17) is 9.47 Å². The zero-order chi connectivity index (χ0) is 20.7. The van der Waals surface area contributed by atoms with Crippen molar-refractivity contribution in [2.45, 2.75) is 44.2 Å². The molecule has 1 saturated carbocycles. The average molecular weight is 407 g/mol. The lowest BCUT2D eigenvalue weighted by molar-refractivity contribution is -0.0253. The van der Waals surface area contributed by atoms with Gasteiger partial charge in [0.15, 0.2) is 0 Å². The van der Waals surface area contributed by atoms with Gasteiger partial charge in [-0.1, -0.05) is 0 Å². The third-order valence-electron chi connectivity index (χ3n) is 6.10. The first kappa shape index (κ1) is 18.8. The summed E-state index contributed by atoms with van der Waals surface area (Å²) in [5.74, 6) is 1.75. The highest BCUT2D eigenvalue weighted by Gasteiger charge is 2.31. The molecule has 0 aromatic carbocycles. The first-order valence-electron chi connectivity index (χ1n) is 10.1. The van der Waals surface area contributed by atoms with E-state index in [1.165, 1.54) is 0 Å². The predicted octanol–water partition coefficient (Wildman–Crippen LogP) is 3.21. The van der Waals surface area contributed by atoms with E-state index in [9.17, 15) is 0 Å². The molecule has 30 heavy (non-hydrogen) atoms. The minimum Gasteiger partial charge on any atom is -0.479 e. The van der Waals surface area contributed by atoms with E-state index in [0.717, 1.165) is 42.3 Å². The van der Waals surface area contributed by atoms with Gasteiger partial charge in [-0.15, -0.1) is 5.10 Å². The molecular weight excluding hydrogens is 382 g/mol. The number of rotatable bonds is 5. The second kappa shape index (κ2) is 7.24. The number of aromatic nitrogens is 6.